The lowest BCUT2D eigenvalue weighted by Gasteiger charge is -2.28. The number of nitrogens with zero attached hydrogens (tertiary/aromatic N) is 1. The summed E-state index contributed by atoms with van der Waals surface area (Å²) in [5.74, 6) is -0.778. The molecule has 7 heteroatoms. The van der Waals surface area contributed by atoms with E-state index < -0.39 is 22.0 Å². The Bertz CT molecular complexity index is 1150. The van der Waals surface area contributed by atoms with Crippen LogP contribution < -0.4 is 9.62 Å². The maximum atomic E-state index is 13.0. The Labute approximate surface area is 176 Å². The fraction of sp³-hybridized carbons (Fsp3) is 0.130. The third-order valence-corrected chi connectivity index (χ3v) is 5.81. The fourth-order valence-electron chi connectivity index (χ4n) is 3.16. The van der Waals surface area contributed by atoms with E-state index in [0.29, 0.717) is 22.5 Å². The average Bonchev–Trinajstić information content (AvgIpc) is 2.74. The molecular formula is C23H22N2O4S. The molecule has 1 N–H and O–H groups in total. The minimum Gasteiger partial charge on any atom is -0.324 e. The van der Waals surface area contributed by atoms with Crippen molar-refractivity contribution in [1.29, 1.82) is 0 Å². The van der Waals surface area contributed by atoms with Crippen LogP contribution in [-0.2, 0) is 14.8 Å². The molecule has 0 heterocycles. The number of hydrogen-bond acceptors (Lipinski definition) is 4. The van der Waals surface area contributed by atoms with E-state index in [4.69, 9.17) is 0 Å². The molecule has 30 heavy (non-hydrogen) atoms. The standard InChI is InChI=1S/C23H22N2O4S/c1-17(25(30(2,28)29)19-13-7-4-8-14-19)23(27)24-21-16-10-9-15-20(21)22(26)18-11-5-3-6-12-18/h3-17H,1-2H3,(H,24,27). The van der Waals surface area contributed by atoms with Gasteiger partial charge in [-0.2, -0.15) is 0 Å². The van der Waals surface area contributed by atoms with Gasteiger partial charge < -0.3 is 5.32 Å². The van der Waals surface area contributed by atoms with Crippen LogP contribution in [0.2, 0.25) is 0 Å². The number of benzene rings is 3. The molecule has 154 valence electrons. The molecule has 0 aromatic heterocycles. The van der Waals surface area contributed by atoms with Gasteiger partial charge in [0.1, 0.15) is 6.04 Å². The summed E-state index contributed by atoms with van der Waals surface area (Å²) in [5.41, 5.74) is 1.53. The number of para-hydroxylation sites is 2. The average molecular weight is 423 g/mol. The number of ketones is 1. The number of nitrogens with one attached hydrogen (secondary N) is 1. The highest BCUT2D eigenvalue weighted by Gasteiger charge is 2.29. The Morgan fingerprint density at radius 1 is 0.833 bits per heavy atom. The quantitative estimate of drug-likeness (QED) is 0.589. The van der Waals surface area contributed by atoms with Crippen molar-refractivity contribution in [3.05, 3.63) is 96.1 Å². The third kappa shape index (κ3) is 4.75. The normalized spacial score (nSPS) is 12.1. The van der Waals surface area contributed by atoms with E-state index in [1.807, 2.05) is 6.07 Å². The van der Waals surface area contributed by atoms with Crippen LogP contribution >= 0.6 is 0 Å². The molecule has 3 aromatic carbocycles. The first-order chi connectivity index (χ1) is 14.3. The predicted octanol–water partition coefficient (Wildman–Crippen LogP) is 3.71. The van der Waals surface area contributed by atoms with Crippen molar-refractivity contribution in [3.63, 3.8) is 0 Å². The predicted molar refractivity (Wildman–Crippen MR) is 118 cm³/mol. The second-order valence-corrected chi connectivity index (χ2v) is 8.66. The molecule has 0 bridgehead atoms. The summed E-state index contributed by atoms with van der Waals surface area (Å²) in [5, 5.41) is 2.72. The topological polar surface area (TPSA) is 83.6 Å². The van der Waals surface area contributed by atoms with Crippen molar-refractivity contribution in [2.45, 2.75) is 13.0 Å². The van der Waals surface area contributed by atoms with Gasteiger partial charge in [-0.1, -0.05) is 60.7 Å². The summed E-state index contributed by atoms with van der Waals surface area (Å²) in [6.45, 7) is 1.50. The molecule has 0 saturated carbocycles. The highest BCUT2D eigenvalue weighted by Crippen LogP contribution is 2.23. The number of sulfonamides is 1. The van der Waals surface area contributed by atoms with Crippen molar-refractivity contribution in [3.8, 4) is 0 Å². The number of anilines is 2. The Hall–Kier alpha value is -3.45. The highest BCUT2D eigenvalue weighted by molar-refractivity contribution is 7.92. The van der Waals surface area contributed by atoms with E-state index in [1.54, 1.807) is 78.9 Å². The van der Waals surface area contributed by atoms with Gasteiger partial charge in [-0.3, -0.25) is 13.9 Å². The van der Waals surface area contributed by atoms with Crippen molar-refractivity contribution in [2.24, 2.45) is 0 Å². The van der Waals surface area contributed by atoms with Gasteiger partial charge in [0.25, 0.3) is 0 Å². The number of carbonyl (C=O) groups excluding carboxylic acids is 2. The molecule has 1 atom stereocenters. The van der Waals surface area contributed by atoms with Gasteiger partial charge in [0.15, 0.2) is 5.78 Å². The molecular weight excluding hydrogens is 400 g/mol. The number of rotatable bonds is 7. The van der Waals surface area contributed by atoms with Gasteiger partial charge in [0.05, 0.1) is 17.6 Å². The lowest BCUT2D eigenvalue weighted by Crippen LogP contribution is -2.45. The van der Waals surface area contributed by atoms with Gasteiger partial charge in [-0.05, 0) is 31.2 Å². The minimum atomic E-state index is -3.72. The summed E-state index contributed by atoms with van der Waals surface area (Å²) in [6.07, 6.45) is 1.05. The first-order valence-electron chi connectivity index (χ1n) is 9.33. The molecule has 1 amide bonds. The van der Waals surface area contributed by atoms with Crippen molar-refractivity contribution >= 4 is 33.1 Å². The van der Waals surface area contributed by atoms with Crippen LogP contribution in [-0.4, -0.2) is 32.4 Å². The van der Waals surface area contributed by atoms with Gasteiger partial charge in [0.2, 0.25) is 15.9 Å². The molecule has 0 aliphatic carbocycles. The molecule has 0 fully saturated rings. The maximum absolute atomic E-state index is 13.0. The van der Waals surface area contributed by atoms with Crippen LogP contribution in [0.4, 0.5) is 11.4 Å². The maximum Gasteiger partial charge on any atom is 0.248 e. The Balaban J connectivity index is 1.90. The zero-order valence-corrected chi connectivity index (χ0v) is 17.5. The van der Waals surface area contributed by atoms with Crippen molar-refractivity contribution < 1.29 is 18.0 Å². The highest BCUT2D eigenvalue weighted by atomic mass is 32.2. The van der Waals surface area contributed by atoms with E-state index in [0.717, 1.165) is 10.6 Å². The third-order valence-electron chi connectivity index (χ3n) is 4.56. The SMILES string of the molecule is CC(C(=O)Nc1ccccc1C(=O)c1ccccc1)N(c1ccccc1)S(C)(=O)=O. The van der Waals surface area contributed by atoms with E-state index in [2.05, 4.69) is 5.32 Å². The second-order valence-electron chi connectivity index (χ2n) is 6.80. The van der Waals surface area contributed by atoms with Crippen LogP contribution in [0.3, 0.4) is 0 Å². The summed E-state index contributed by atoms with van der Waals surface area (Å²) in [6, 6.07) is 22.8. The monoisotopic (exact) mass is 422 g/mol. The zero-order chi connectivity index (χ0) is 21.7. The van der Waals surface area contributed by atoms with E-state index in [9.17, 15) is 18.0 Å². The van der Waals surface area contributed by atoms with Crippen LogP contribution in [0.1, 0.15) is 22.8 Å². The lowest BCUT2D eigenvalue weighted by atomic mass is 10.0. The second kappa shape index (κ2) is 8.92. The molecule has 0 aliphatic rings. The molecule has 6 nitrogen and oxygen atoms in total. The first kappa shape index (κ1) is 21.3. The van der Waals surface area contributed by atoms with Gasteiger partial charge in [-0.15, -0.1) is 0 Å². The zero-order valence-electron chi connectivity index (χ0n) is 16.6. The number of hydrogen-bond donors (Lipinski definition) is 1. The molecule has 3 aromatic rings. The summed E-state index contributed by atoms with van der Waals surface area (Å²) < 4.78 is 25.8. The van der Waals surface area contributed by atoms with Gasteiger partial charge in [0, 0.05) is 11.1 Å². The van der Waals surface area contributed by atoms with E-state index in [1.165, 1.54) is 6.92 Å². The molecule has 0 spiro atoms. The Morgan fingerprint density at radius 2 is 1.37 bits per heavy atom. The number of amides is 1. The fourth-order valence-corrected chi connectivity index (χ4v) is 4.33. The van der Waals surface area contributed by atoms with Crippen LogP contribution in [0.25, 0.3) is 0 Å². The van der Waals surface area contributed by atoms with Crippen LogP contribution in [0, 0.1) is 0 Å². The minimum absolute atomic E-state index is 0.234. The van der Waals surface area contributed by atoms with Crippen LogP contribution in [0.15, 0.2) is 84.9 Å². The number of carbonyl (C=O) groups is 2. The van der Waals surface area contributed by atoms with E-state index >= 15 is 0 Å². The lowest BCUT2D eigenvalue weighted by molar-refractivity contribution is -0.116. The van der Waals surface area contributed by atoms with Crippen molar-refractivity contribution in [1.82, 2.24) is 0 Å². The summed E-state index contributed by atoms with van der Waals surface area (Å²) >= 11 is 0. The smallest absolute Gasteiger partial charge is 0.248 e. The first-order valence-corrected chi connectivity index (χ1v) is 11.2. The Kier molecular flexibility index (Phi) is 6.32. The van der Waals surface area contributed by atoms with E-state index in [-0.39, 0.29) is 5.78 Å². The van der Waals surface area contributed by atoms with Gasteiger partial charge in [-0.25, -0.2) is 8.42 Å². The Morgan fingerprint density at radius 3 is 1.97 bits per heavy atom. The van der Waals surface area contributed by atoms with Gasteiger partial charge >= 0.3 is 0 Å². The molecule has 0 aliphatic heterocycles. The molecule has 3 rings (SSSR count). The van der Waals surface area contributed by atoms with Crippen LogP contribution in [0.5, 0.6) is 0 Å². The summed E-state index contributed by atoms with van der Waals surface area (Å²) in [7, 11) is -3.72. The molecule has 0 radical (unpaired) electrons. The summed E-state index contributed by atoms with van der Waals surface area (Å²) in [4.78, 5) is 25.8. The molecule has 1 unspecified atom stereocenters. The van der Waals surface area contributed by atoms with Crippen molar-refractivity contribution in [2.75, 3.05) is 15.9 Å². The molecule has 0 saturated heterocycles. The largest absolute Gasteiger partial charge is 0.324 e.